The lowest BCUT2D eigenvalue weighted by molar-refractivity contribution is 0.210. The third-order valence-electron chi connectivity index (χ3n) is 1.23. The highest BCUT2D eigenvalue weighted by atomic mass is 16.5. The van der Waals surface area contributed by atoms with Crippen molar-refractivity contribution in [3.63, 3.8) is 0 Å². The summed E-state index contributed by atoms with van der Waals surface area (Å²) in [6.07, 6.45) is 0.546. The molecular weight excluding hydrogens is 158 g/mol. The molecule has 0 fully saturated rings. The summed E-state index contributed by atoms with van der Waals surface area (Å²) in [4.78, 5) is 14.2. The third kappa shape index (κ3) is 2.21. The number of hydrogen-bond donors (Lipinski definition) is 2. The molecule has 0 spiro atoms. The van der Waals surface area contributed by atoms with Gasteiger partial charge in [-0.1, -0.05) is 0 Å². The van der Waals surface area contributed by atoms with Crippen LogP contribution < -0.4 is 16.2 Å². The first kappa shape index (κ1) is 8.48. The van der Waals surface area contributed by atoms with E-state index >= 15 is 0 Å². The Labute approximate surface area is 69.3 Å². The van der Waals surface area contributed by atoms with E-state index in [4.69, 9.17) is 11.5 Å². The molecule has 0 aromatic carbocycles. The molecule has 1 amide bonds. The van der Waals surface area contributed by atoms with Crippen molar-refractivity contribution in [2.75, 3.05) is 0 Å². The molecule has 1 aromatic heterocycles. The predicted molar refractivity (Wildman–Crippen MR) is 42.3 cm³/mol. The number of hydrogen-bond acceptors (Lipinski definition) is 4. The minimum atomic E-state index is -0.850. The van der Waals surface area contributed by atoms with Crippen molar-refractivity contribution in [1.29, 1.82) is 0 Å². The molecule has 12 heavy (non-hydrogen) atoms. The highest BCUT2D eigenvalue weighted by Gasteiger charge is 1.98. The molecule has 0 aliphatic heterocycles. The van der Waals surface area contributed by atoms with Gasteiger partial charge < -0.3 is 16.2 Å². The van der Waals surface area contributed by atoms with E-state index in [1.165, 1.54) is 6.20 Å². The summed E-state index contributed by atoms with van der Waals surface area (Å²) in [5.74, 6) is 0.319. The number of nitrogens with two attached hydrogens (primary N) is 2. The van der Waals surface area contributed by atoms with Crippen molar-refractivity contribution < 1.29 is 9.53 Å². The molecule has 5 heteroatoms. The number of primary amides is 1. The molecule has 0 saturated heterocycles. The summed E-state index contributed by atoms with van der Waals surface area (Å²) >= 11 is 0. The van der Waals surface area contributed by atoms with E-state index in [0.717, 1.165) is 5.69 Å². The zero-order chi connectivity index (χ0) is 8.97. The fourth-order valence-electron chi connectivity index (χ4n) is 0.708. The standard InChI is InChI=1S/C7H9N3O2/c8-3-5-1-2-6(4-10-5)12-7(9)11/h1-2,4H,3,8H2,(H2,9,11). The minimum absolute atomic E-state index is 0.319. The van der Waals surface area contributed by atoms with E-state index in [-0.39, 0.29) is 0 Å². The van der Waals surface area contributed by atoms with Crippen LogP contribution >= 0.6 is 0 Å². The molecular formula is C7H9N3O2. The Morgan fingerprint density at radius 2 is 2.33 bits per heavy atom. The topological polar surface area (TPSA) is 91.2 Å². The lowest BCUT2D eigenvalue weighted by Gasteiger charge is -1.99. The van der Waals surface area contributed by atoms with Gasteiger partial charge in [0.05, 0.1) is 11.9 Å². The van der Waals surface area contributed by atoms with E-state index in [1.54, 1.807) is 12.1 Å². The molecule has 64 valence electrons. The van der Waals surface area contributed by atoms with Crippen LogP contribution in [-0.4, -0.2) is 11.1 Å². The molecule has 0 aliphatic rings. The maximum absolute atomic E-state index is 10.3. The summed E-state index contributed by atoms with van der Waals surface area (Å²) < 4.78 is 4.55. The van der Waals surface area contributed by atoms with Crippen LogP contribution in [-0.2, 0) is 6.54 Å². The fourth-order valence-corrected chi connectivity index (χ4v) is 0.708. The molecule has 1 aromatic rings. The van der Waals surface area contributed by atoms with Crippen molar-refractivity contribution in [2.24, 2.45) is 11.5 Å². The summed E-state index contributed by atoms with van der Waals surface area (Å²) in [5.41, 5.74) is 10.8. The first-order valence-corrected chi connectivity index (χ1v) is 3.34. The van der Waals surface area contributed by atoms with Gasteiger partial charge in [0.15, 0.2) is 5.75 Å². The van der Waals surface area contributed by atoms with E-state index in [2.05, 4.69) is 9.72 Å². The molecule has 0 aliphatic carbocycles. The van der Waals surface area contributed by atoms with E-state index in [9.17, 15) is 4.79 Å². The molecule has 0 saturated carbocycles. The third-order valence-corrected chi connectivity index (χ3v) is 1.23. The number of carbonyl (C=O) groups is 1. The van der Waals surface area contributed by atoms with E-state index in [1.807, 2.05) is 0 Å². The van der Waals surface area contributed by atoms with Crippen molar-refractivity contribution >= 4 is 6.09 Å². The van der Waals surface area contributed by atoms with Crippen molar-refractivity contribution in [3.05, 3.63) is 24.0 Å². The zero-order valence-corrected chi connectivity index (χ0v) is 6.36. The van der Waals surface area contributed by atoms with Gasteiger partial charge in [0.1, 0.15) is 0 Å². The van der Waals surface area contributed by atoms with Gasteiger partial charge in [-0.25, -0.2) is 4.79 Å². The number of nitrogens with zero attached hydrogens (tertiary/aromatic N) is 1. The molecule has 0 bridgehead atoms. The quantitative estimate of drug-likeness (QED) is 0.648. The average molecular weight is 167 g/mol. The Bertz CT molecular complexity index is 270. The lowest BCUT2D eigenvalue weighted by Crippen LogP contribution is -2.16. The number of amides is 1. The van der Waals surface area contributed by atoms with Crippen molar-refractivity contribution in [1.82, 2.24) is 4.98 Å². The van der Waals surface area contributed by atoms with Gasteiger partial charge in [0.25, 0.3) is 0 Å². The van der Waals surface area contributed by atoms with Crippen molar-refractivity contribution in [2.45, 2.75) is 6.54 Å². The van der Waals surface area contributed by atoms with E-state index < -0.39 is 6.09 Å². The van der Waals surface area contributed by atoms with Crippen LogP contribution in [0.25, 0.3) is 0 Å². The second kappa shape index (κ2) is 3.68. The van der Waals surface area contributed by atoms with Gasteiger partial charge >= 0.3 is 6.09 Å². The highest BCUT2D eigenvalue weighted by Crippen LogP contribution is 2.08. The Morgan fingerprint density at radius 1 is 1.58 bits per heavy atom. The van der Waals surface area contributed by atoms with Gasteiger partial charge in [0, 0.05) is 6.54 Å². The fraction of sp³-hybridized carbons (Fsp3) is 0.143. The van der Waals surface area contributed by atoms with Gasteiger partial charge in [-0.15, -0.1) is 0 Å². The zero-order valence-electron chi connectivity index (χ0n) is 6.36. The largest absolute Gasteiger partial charge is 0.410 e. The minimum Gasteiger partial charge on any atom is -0.409 e. The second-order valence-corrected chi connectivity index (χ2v) is 2.11. The normalized spacial score (nSPS) is 9.42. The first-order chi connectivity index (χ1) is 5.72. The maximum atomic E-state index is 10.3. The Morgan fingerprint density at radius 3 is 2.75 bits per heavy atom. The molecule has 0 unspecified atom stereocenters. The van der Waals surface area contributed by atoms with Crippen LogP contribution in [0.3, 0.4) is 0 Å². The molecule has 0 radical (unpaired) electrons. The molecule has 1 rings (SSSR count). The van der Waals surface area contributed by atoms with Gasteiger partial charge in [-0.3, -0.25) is 4.98 Å². The molecule has 0 atom stereocenters. The Balaban J connectivity index is 2.71. The van der Waals surface area contributed by atoms with Crippen LogP contribution in [0.2, 0.25) is 0 Å². The first-order valence-electron chi connectivity index (χ1n) is 3.34. The summed E-state index contributed by atoms with van der Waals surface area (Å²) in [7, 11) is 0. The van der Waals surface area contributed by atoms with Crippen molar-refractivity contribution in [3.8, 4) is 5.75 Å². The smallest absolute Gasteiger partial charge is 0.409 e. The van der Waals surface area contributed by atoms with Gasteiger partial charge in [0.2, 0.25) is 0 Å². The lowest BCUT2D eigenvalue weighted by atomic mass is 10.3. The molecule has 4 N–H and O–H groups in total. The molecule has 5 nitrogen and oxygen atoms in total. The van der Waals surface area contributed by atoms with Gasteiger partial charge in [-0.2, -0.15) is 0 Å². The van der Waals surface area contributed by atoms with E-state index in [0.29, 0.717) is 12.3 Å². The predicted octanol–water partition coefficient (Wildman–Crippen LogP) is -0.00220. The SMILES string of the molecule is NCc1ccc(OC(N)=O)cn1. The second-order valence-electron chi connectivity index (χ2n) is 2.11. The molecule has 1 heterocycles. The van der Waals surface area contributed by atoms with Crippen LogP contribution in [0.5, 0.6) is 5.75 Å². The average Bonchev–Trinajstić information content (AvgIpc) is 2.05. The van der Waals surface area contributed by atoms with Crippen LogP contribution in [0.15, 0.2) is 18.3 Å². The number of aromatic nitrogens is 1. The Hall–Kier alpha value is -1.62. The number of rotatable bonds is 2. The van der Waals surface area contributed by atoms with Crippen LogP contribution in [0.4, 0.5) is 4.79 Å². The number of pyridine rings is 1. The summed E-state index contributed by atoms with van der Waals surface area (Å²) in [5, 5.41) is 0. The summed E-state index contributed by atoms with van der Waals surface area (Å²) in [6.45, 7) is 0.358. The van der Waals surface area contributed by atoms with Gasteiger partial charge in [-0.05, 0) is 12.1 Å². The Kier molecular flexibility index (Phi) is 2.60. The monoisotopic (exact) mass is 167 g/mol. The number of ether oxygens (including phenoxy) is 1. The van der Waals surface area contributed by atoms with Crippen LogP contribution in [0.1, 0.15) is 5.69 Å². The summed E-state index contributed by atoms with van der Waals surface area (Å²) in [6, 6.07) is 3.25. The highest BCUT2D eigenvalue weighted by molar-refractivity contribution is 5.67. The number of carbonyl (C=O) groups excluding carboxylic acids is 1. The maximum Gasteiger partial charge on any atom is 0.410 e. The van der Waals surface area contributed by atoms with Crippen LogP contribution in [0, 0.1) is 0 Å².